The number of nitrogens with two attached hydrogens (primary N) is 2. The number of nitrogen functional groups attached to an aromatic ring is 1. The minimum absolute atomic E-state index is 0.329. The molecular weight excluding hydrogens is 176 g/mol. The van der Waals surface area contributed by atoms with Gasteiger partial charge in [0.15, 0.2) is 0 Å². The molecule has 66 valence electrons. The van der Waals surface area contributed by atoms with Crippen LogP contribution in [0.25, 0.3) is 0 Å². The molecule has 1 rings (SSSR count). The Hall–Kier alpha value is -0.930. The smallest absolute Gasteiger partial charge is 0.125 e. The van der Waals surface area contributed by atoms with Gasteiger partial charge in [0.25, 0.3) is 0 Å². The molecule has 0 aliphatic rings. The fourth-order valence-electron chi connectivity index (χ4n) is 1.02. The first kappa shape index (κ1) is 9.16. The van der Waals surface area contributed by atoms with Crippen LogP contribution in [0, 0.1) is 0 Å². The van der Waals surface area contributed by atoms with E-state index in [4.69, 9.17) is 27.8 Å². The molecule has 1 aromatic carbocycles. The predicted octanol–water partition coefficient (Wildman–Crippen LogP) is 1.39. The summed E-state index contributed by atoms with van der Waals surface area (Å²) in [6.07, 6.45) is 0. The van der Waals surface area contributed by atoms with E-state index in [0.29, 0.717) is 23.0 Å². The van der Waals surface area contributed by atoms with Crippen LogP contribution < -0.4 is 16.2 Å². The summed E-state index contributed by atoms with van der Waals surface area (Å²) in [7, 11) is 1.57. The fourth-order valence-corrected chi connectivity index (χ4v) is 1.19. The molecule has 4 N–H and O–H groups in total. The molecule has 0 aliphatic carbocycles. The number of hydrogen-bond donors (Lipinski definition) is 2. The number of hydrogen-bond acceptors (Lipinski definition) is 3. The maximum absolute atomic E-state index is 5.79. The first-order chi connectivity index (χ1) is 5.70. The highest BCUT2D eigenvalue weighted by atomic mass is 35.5. The highest BCUT2D eigenvalue weighted by molar-refractivity contribution is 6.33. The van der Waals surface area contributed by atoms with Gasteiger partial charge in [-0.3, -0.25) is 0 Å². The molecule has 0 bridgehead atoms. The third kappa shape index (κ3) is 1.47. The van der Waals surface area contributed by atoms with E-state index < -0.39 is 0 Å². The van der Waals surface area contributed by atoms with Crippen LogP contribution in [-0.4, -0.2) is 7.11 Å². The van der Waals surface area contributed by atoms with Crippen LogP contribution in [0.5, 0.6) is 5.75 Å². The van der Waals surface area contributed by atoms with Crippen molar-refractivity contribution in [3.63, 3.8) is 0 Å². The Kier molecular flexibility index (Phi) is 2.78. The second-order valence-electron chi connectivity index (χ2n) is 2.35. The maximum Gasteiger partial charge on any atom is 0.125 e. The SMILES string of the molecule is COc1ccc(Cl)c(N)c1CN. The van der Waals surface area contributed by atoms with Gasteiger partial charge in [-0.15, -0.1) is 0 Å². The van der Waals surface area contributed by atoms with Crippen molar-refractivity contribution in [2.45, 2.75) is 6.54 Å². The average molecular weight is 187 g/mol. The Balaban J connectivity index is 3.25. The van der Waals surface area contributed by atoms with Crippen LogP contribution in [0.3, 0.4) is 0 Å². The summed E-state index contributed by atoms with van der Waals surface area (Å²) in [5.74, 6) is 0.680. The number of halogens is 1. The monoisotopic (exact) mass is 186 g/mol. The van der Waals surface area contributed by atoms with Crippen LogP contribution in [0.1, 0.15) is 5.56 Å². The molecule has 0 fully saturated rings. The molecule has 0 saturated carbocycles. The molecule has 0 heterocycles. The van der Waals surface area contributed by atoms with Crippen LogP contribution in [0.4, 0.5) is 5.69 Å². The lowest BCUT2D eigenvalue weighted by molar-refractivity contribution is 0.410. The molecule has 0 amide bonds. The third-order valence-corrected chi connectivity index (χ3v) is 2.01. The fraction of sp³-hybridized carbons (Fsp3) is 0.250. The molecule has 4 heteroatoms. The lowest BCUT2D eigenvalue weighted by atomic mass is 10.1. The van der Waals surface area contributed by atoms with Crippen molar-refractivity contribution in [1.29, 1.82) is 0 Å². The first-order valence-corrected chi connectivity index (χ1v) is 3.89. The van der Waals surface area contributed by atoms with E-state index in [1.54, 1.807) is 19.2 Å². The second-order valence-corrected chi connectivity index (χ2v) is 2.75. The van der Waals surface area contributed by atoms with Gasteiger partial charge in [0.1, 0.15) is 5.75 Å². The third-order valence-electron chi connectivity index (χ3n) is 1.68. The highest BCUT2D eigenvalue weighted by Crippen LogP contribution is 2.30. The number of ether oxygens (including phenoxy) is 1. The molecule has 0 unspecified atom stereocenters. The Morgan fingerprint density at radius 3 is 2.67 bits per heavy atom. The summed E-state index contributed by atoms with van der Waals surface area (Å²) in [4.78, 5) is 0. The minimum atomic E-state index is 0.329. The van der Waals surface area contributed by atoms with E-state index >= 15 is 0 Å². The summed E-state index contributed by atoms with van der Waals surface area (Å²) >= 11 is 5.79. The quantitative estimate of drug-likeness (QED) is 0.687. The molecule has 12 heavy (non-hydrogen) atoms. The summed E-state index contributed by atoms with van der Waals surface area (Å²) in [5, 5.41) is 0.510. The molecule has 0 aliphatic heterocycles. The van der Waals surface area contributed by atoms with Crippen molar-refractivity contribution >= 4 is 17.3 Å². The number of benzene rings is 1. The maximum atomic E-state index is 5.79. The average Bonchev–Trinajstić information content (AvgIpc) is 2.09. The Labute approximate surface area is 76.3 Å². The number of rotatable bonds is 2. The molecule has 0 atom stereocenters. The van der Waals surface area contributed by atoms with Crippen LogP contribution in [-0.2, 0) is 6.54 Å². The van der Waals surface area contributed by atoms with Crippen molar-refractivity contribution in [3.05, 3.63) is 22.7 Å². The second kappa shape index (κ2) is 3.65. The minimum Gasteiger partial charge on any atom is -0.496 e. The van der Waals surface area contributed by atoms with Gasteiger partial charge in [0.05, 0.1) is 17.8 Å². The molecule has 1 aromatic rings. The van der Waals surface area contributed by atoms with Gasteiger partial charge in [-0.1, -0.05) is 11.6 Å². The van der Waals surface area contributed by atoms with Gasteiger partial charge in [-0.2, -0.15) is 0 Å². The zero-order valence-electron chi connectivity index (χ0n) is 6.80. The van der Waals surface area contributed by atoms with E-state index in [1.807, 2.05) is 0 Å². The summed E-state index contributed by atoms with van der Waals surface area (Å²) in [6.45, 7) is 0.329. The topological polar surface area (TPSA) is 61.3 Å². The first-order valence-electron chi connectivity index (χ1n) is 3.51. The highest BCUT2D eigenvalue weighted by Gasteiger charge is 2.07. The van der Waals surface area contributed by atoms with E-state index in [0.717, 1.165) is 5.56 Å². The summed E-state index contributed by atoms with van der Waals surface area (Å²) in [5.41, 5.74) is 12.4. The molecule has 0 aromatic heterocycles. The predicted molar refractivity (Wildman–Crippen MR) is 50.3 cm³/mol. The number of methoxy groups -OCH3 is 1. The zero-order chi connectivity index (χ0) is 9.14. The lowest BCUT2D eigenvalue weighted by Crippen LogP contribution is -2.04. The van der Waals surface area contributed by atoms with Crippen molar-refractivity contribution in [1.82, 2.24) is 0 Å². The molecule has 3 nitrogen and oxygen atoms in total. The zero-order valence-corrected chi connectivity index (χ0v) is 7.56. The van der Waals surface area contributed by atoms with E-state index in [2.05, 4.69) is 0 Å². The molecule has 0 saturated heterocycles. The van der Waals surface area contributed by atoms with Gasteiger partial charge >= 0.3 is 0 Å². The standard InChI is InChI=1S/C8H11ClN2O/c1-12-7-3-2-6(9)8(11)5(7)4-10/h2-3H,4,10-11H2,1H3. The molecule has 0 spiro atoms. The van der Waals surface area contributed by atoms with Crippen molar-refractivity contribution in [2.75, 3.05) is 12.8 Å². The summed E-state index contributed by atoms with van der Waals surface area (Å²) in [6, 6.07) is 3.44. The van der Waals surface area contributed by atoms with Crippen molar-refractivity contribution in [2.24, 2.45) is 5.73 Å². The van der Waals surface area contributed by atoms with Crippen LogP contribution >= 0.6 is 11.6 Å². The van der Waals surface area contributed by atoms with Gasteiger partial charge in [-0.05, 0) is 12.1 Å². The normalized spacial score (nSPS) is 9.92. The lowest BCUT2D eigenvalue weighted by Gasteiger charge is -2.10. The van der Waals surface area contributed by atoms with E-state index in [-0.39, 0.29) is 0 Å². The largest absolute Gasteiger partial charge is 0.496 e. The van der Waals surface area contributed by atoms with Gasteiger partial charge in [0, 0.05) is 12.1 Å². The van der Waals surface area contributed by atoms with E-state index in [1.165, 1.54) is 0 Å². The van der Waals surface area contributed by atoms with Crippen LogP contribution in [0.2, 0.25) is 5.02 Å². The summed E-state index contributed by atoms with van der Waals surface area (Å²) < 4.78 is 5.05. The Morgan fingerprint density at radius 1 is 1.50 bits per heavy atom. The van der Waals surface area contributed by atoms with Gasteiger partial charge in [-0.25, -0.2) is 0 Å². The van der Waals surface area contributed by atoms with Crippen LogP contribution in [0.15, 0.2) is 12.1 Å². The Morgan fingerprint density at radius 2 is 2.17 bits per heavy atom. The van der Waals surface area contributed by atoms with Crippen molar-refractivity contribution in [3.8, 4) is 5.75 Å². The molecular formula is C8H11ClN2O. The Bertz CT molecular complexity index is 289. The van der Waals surface area contributed by atoms with Gasteiger partial charge < -0.3 is 16.2 Å². The molecule has 0 radical (unpaired) electrons. The number of anilines is 1. The van der Waals surface area contributed by atoms with Gasteiger partial charge in [0.2, 0.25) is 0 Å². The van der Waals surface area contributed by atoms with E-state index in [9.17, 15) is 0 Å². The van der Waals surface area contributed by atoms with Crippen molar-refractivity contribution < 1.29 is 4.74 Å².